The summed E-state index contributed by atoms with van der Waals surface area (Å²) in [5.74, 6) is 3.66. The molecule has 1 atom stereocenters. The van der Waals surface area contributed by atoms with E-state index in [4.69, 9.17) is 22.3 Å². The molecule has 2 aromatic rings. The van der Waals surface area contributed by atoms with E-state index >= 15 is 0 Å². The number of nitrogens with one attached hydrogen (secondary N) is 2. The monoisotopic (exact) mass is 538 g/mol. The van der Waals surface area contributed by atoms with Crippen molar-refractivity contribution in [2.45, 2.75) is 23.6 Å². The molecular formula is C19H19ClF4N6O4S. The third kappa shape index (κ3) is 6.56. The molecule has 0 bridgehead atoms. The maximum absolute atomic E-state index is 13.3. The van der Waals surface area contributed by atoms with E-state index in [-0.39, 0.29) is 47.5 Å². The second kappa shape index (κ2) is 10.7. The van der Waals surface area contributed by atoms with E-state index in [1.165, 1.54) is 0 Å². The number of carbonyl (C=O) groups is 1. The van der Waals surface area contributed by atoms with Crippen molar-refractivity contribution in [2.24, 2.45) is 11.0 Å². The predicted molar refractivity (Wildman–Crippen MR) is 117 cm³/mol. The minimum atomic E-state index is -4.63. The molecule has 0 radical (unpaired) electrons. The van der Waals surface area contributed by atoms with E-state index < -0.39 is 39.6 Å². The molecule has 10 nitrogen and oxygen atoms in total. The lowest BCUT2D eigenvalue weighted by molar-refractivity contribution is -0.137. The number of aromatic nitrogens is 1. The van der Waals surface area contributed by atoms with Gasteiger partial charge in [-0.05, 0) is 30.3 Å². The number of pyridine rings is 1. The fraction of sp³-hybridized carbons (Fsp3) is 0.316. The number of amides is 1. The van der Waals surface area contributed by atoms with Crippen LogP contribution in [-0.2, 0) is 25.8 Å². The number of oxime groups is 1. The molecule has 1 aliphatic rings. The molecule has 4 N–H and O–H groups in total. The first-order valence-corrected chi connectivity index (χ1v) is 11.7. The number of rotatable bonds is 9. The molecule has 3 rings (SSSR count). The number of alkyl halides is 3. The van der Waals surface area contributed by atoms with Crippen molar-refractivity contribution in [3.05, 3.63) is 52.9 Å². The normalized spacial score (nSPS) is 16.1. The van der Waals surface area contributed by atoms with Crippen LogP contribution in [0.4, 0.5) is 23.4 Å². The smallest absolute Gasteiger partial charge is 0.390 e. The number of anilines is 1. The van der Waals surface area contributed by atoms with Crippen molar-refractivity contribution >= 4 is 39.1 Å². The Balaban J connectivity index is 1.75. The van der Waals surface area contributed by atoms with Gasteiger partial charge in [0.15, 0.2) is 0 Å². The van der Waals surface area contributed by atoms with Crippen LogP contribution in [0.5, 0.6) is 0 Å². The lowest BCUT2D eigenvalue weighted by Gasteiger charge is -2.24. The Morgan fingerprint density at radius 2 is 1.97 bits per heavy atom. The molecule has 0 aliphatic carbocycles. The highest BCUT2D eigenvalue weighted by atomic mass is 35.5. The van der Waals surface area contributed by atoms with Gasteiger partial charge in [-0.25, -0.2) is 23.6 Å². The number of nitrogens with two attached hydrogens (primary N) is 1. The van der Waals surface area contributed by atoms with Crippen LogP contribution in [0, 0.1) is 5.82 Å². The number of nitrogens with zero attached hydrogens (tertiary/aromatic N) is 3. The lowest BCUT2D eigenvalue weighted by atomic mass is 10.2. The van der Waals surface area contributed by atoms with Gasteiger partial charge in [-0.2, -0.15) is 17.5 Å². The Labute approximate surface area is 202 Å². The molecule has 35 heavy (non-hydrogen) atoms. The van der Waals surface area contributed by atoms with Crippen LogP contribution >= 0.6 is 11.6 Å². The number of benzene rings is 1. The molecule has 0 spiro atoms. The maximum atomic E-state index is 13.3. The minimum absolute atomic E-state index is 0.0296. The van der Waals surface area contributed by atoms with Crippen molar-refractivity contribution < 1.29 is 35.6 Å². The summed E-state index contributed by atoms with van der Waals surface area (Å²) in [5.41, 5.74) is 0.826. The van der Waals surface area contributed by atoms with Crippen molar-refractivity contribution in [2.75, 3.05) is 25.0 Å². The summed E-state index contributed by atoms with van der Waals surface area (Å²) in [5, 5.41) is 5.97. The third-order valence-corrected chi connectivity index (χ3v) is 6.97. The Morgan fingerprint density at radius 1 is 1.29 bits per heavy atom. The maximum Gasteiger partial charge on any atom is 0.417 e. The van der Waals surface area contributed by atoms with Crippen LogP contribution in [0.2, 0.25) is 5.02 Å². The van der Waals surface area contributed by atoms with E-state index in [9.17, 15) is 30.8 Å². The Bertz CT molecular complexity index is 1210. The highest BCUT2D eigenvalue weighted by molar-refractivity contribution is 7.89. The molecule has 1 aliphatic heterocycles. The van der Waals surface area contributed by atoms with Gasteiger partial charge in [-0.3, -0.25) is 10.2 Å². The summed E-state index contributed by atoms with van der Waals surface area (Å²) in [7, 11) is -4.17. The molecule has 1 aromatic heterocycles. The van der Waals surface area contributed by atoms with Crippen LogP contribution in [0.1, 0.15) is 12.0 Å². The molecule has 0 saturated heterocycles. The van der Waals surface area contributed by atoms with Gasteiger partial charge < -0.3 is 10.2 Å². The fourth-order valence-corrected chi connectivity index (χ4v) is 4.76. The third-order valence-electron chi connectivity index (χ3n) is 4.81. The van der Waals surface area contributed by atoms with Crippen molar-refractivity contribution in [1.82, 2.24) is 14.7 Å². The molecule has 0 unspecified atom stereocenters. The van der Waals surface area contributed by atoms with E-state index in [1.807, 2.05) is 5.43 Å². The molecule has 1 aromatic carbocycles. The van der Waals surface area contributed by atoms with Gasteiger partial charge in [0.2, 0.25) is 10.0 Å². The molecule has 190 valence electrons. The average Bonchev–Trinajstić information content (AvgIpc) is 3.27. The zero-order chi connectivity index (χ0) is 25.8. The van der Waals surface area contributed by atoms with E-state index in [2.05, 4.69) is 15.5 Å². The molecule has 1 amide bonds. The molecule has 16 heteroatoms. The minimum Gasteiger partial charge on any atom is -0.390 e. The van der Waals surface area contributed by atoms with Gasteiger partial charge in [0.1, 0.15) is 23.5 Å². The highest BCUT2D eigenvalue weighted by Crippen LogP contribution is 2.32. The quantitative estimate of drug-likeness (QED) is 0.192. The van der Waals surface area contributed by atoms with Gasteiger partial charge in [0, 0.05) is 25.7 Å². The van der Waals surface area contributed by atoms with Gasteiger partial charge in [0.05, 0.1) is 22.0 Å². The zero-order valence-corrected chi connectivity index (χ0v) is 19.3. The second-order valence-corrected chi connectivity index (χ2v) is 9.58. The standard InChI is InChI=1S/C19H19ClF4N6O4S/c20-15-7-11(19(22,23)24)9-27-17(15)26-5-6-30(10-13-8-16(29-34-13)18(31)28-25)35(32,33)14-3-1-12(21)2-4-14/h1-4,7,9,13H,5-6,8,10,25H2,(H,26,27)(H,28,31)/t13-/m1/s1. The first kappa shape index (κ1) is 26.6. The zero-order valence-electron chi connectivity index (χ0n) is 17.7. The highest BCUT2D eigenvalue weighted by Gasteiger charge is 2.33. The number of hydrogen-bond donors (Lipinski definition) is 3. The molecule has 2 heterocycles. The number of hydrogen-bond acceptors (Lipinski definition) is 8. The van der Waals surface area contributed by atoms with Gasteiger partial charge in [-0.15, -0.1) is 0 Å². The van der Waals surface area contributed by atoms with E-state index in [1.54, 1.807) is 0 Å². The van der Waals surface area contributed by atoms with Crippen LogP contribution in [-0.4, -0.2) is 55.1 Å². The predicted octanol–water partition coefficient (Wildman–Crippen LogP) is 2.13. The second-order valence-electron chi connectivity index (χ2n) is 7.24. The number of hydrazine groups is 1. The van der Waals surface area contributed by atoms with Gasteiger partial charge in [0.25, 0.3) is 5.91 Å². The number of sulfonamides is 1. The SMILES string of the molecule is NNC(=O)C1=NO[C@@H](CN(CCNc2ncc(C(F)(F)F)cc2Cl)S(=O)(=O)c2ccc(F)cc2)C1. The van der Waals surface area contributed by atoms with E-state index in [0.717, 1.165) is 28.6 Å². The van der Waals surface area contributed by atoms with E-state index in [0.29, 0.717) is 12.3 Å². The number of halogens is 5. The summed E-state index contributed by atoms with van der Waals surface area (Å²) in [6.45, 7) is -0.570. The summed E-state index contributed by atoms with van der Waals surface area (Å²) in [4.78, 5) is 20.2. The van der Waals surface area contributed by atoms with Gasteiger partial charge >= 0.3 is 6.18 Å². The average molecular weight is 539 g/mol. The van der Waals surface area contributed by atoms with Crippen LogP contribution < -0.4 is 16.6 Å². The van der Waals surface area contributed by atoms with Crippen LogP contribution in [0.15, 0.2) is 46.6 Å². The number of carbonyl (C=O) groups excluding carboxylic acids is 1. The Kier molecular flexibility index (Phi) is 8.15. The molecule has 0 saturated carbocycles. The van der Waals surface area contributed by atoms with Gasteiger partial charge in [-0.1, -0.05) is 16.8 Å². The fourth-order valence-electron chi connectivity index (χ4n) is 3.06. The summed E-state index contributed by atoms with van der Waals surface area (Å²) in [6, 6.07) is 4.82. The molecular weight excluding hydrogens is 520 g/mol. The molecule has 0 fully saturated rings. The summed E-state index contributed by atoms with van der Waals surface area (Å²) < 4.78 is 79.1. The lowest BCUT2D eigenvalue weighted by Crippen LogP contribution is -2.41. The van der Waals surface area contributed by atoms with Crippen molar-refractivity contribution in [3.8, 4) is 0 Å². The first-order chi connectivity index (χ1) is 16.4. The first-order valence-electron chi connectivity index (χ1n) is 9.87. The van der Waals surface area contributed by atoms with Crippen molar-refractivity contribution in [3.63, 3.8) is 0 Å². The topological polar surface area (TPSA) is 139 Å². The van der Waals surface area contributed by atoms with Crippen molar-refractivity contribution in [1.29, 1.82) is 0 Å². The van der Waals surface area contributed by atoms with Crippen LogP contribution in [0.25, 0.3) is 0 Å². The largest absolute Gasteiger partial charge is 0.417 e. The Hall–Kier alpha value is -3.01. The van der Waals surface area contributed by atoms with Crippen LogP contribution in [0.3, 0.4) is 0 Å². The summed E-state index contributed by atoms with van der Waals surface area (Å²) >= 11 is 5.87. The Morgan fingerprint density at radius 3 is 2.57 bits per heavy atom. The summed E-state index contributed by atoms with van der Waals surface area (Å²) in [6.07, 6.45) is -4.89.